The Morgan fingerprint density at radius 2 is 2.08 bits per heavy atom. The highest BCUT2D eigenvalue weighted by Gasteiger charge is 2.15. The number of anilines is 1. The molecule has 0 bridgehead atoms. The number of nitrogens with zero attached hydrogens (tertiary/aromatic N) is 3. The third-order valence-electron chi connectivity index (χ3n) is 2.28. The van der Waals surface area contributed by atoms with E-state index in [4.69, 9.17) is 0 Å². The summed E-state index contributed by atoms with van der Waals surface area (Å²) in [7, 11) is 4.81. The van der Waals surface area contributed by atoms with Crippen LogP contribution in [0.5, 0.6) is 0 Å². The predicted octanol–water partition coefficient (Wildman–Crippen LogP) is 0.395. The van der Waals surface area contributed by atoms with E-state index in [1.165, 1.54) is 0 Å². The van der Waals surface area contributed by atoms with Crippen LogP contribution >= 0.6 is 20.6 Å². The molecule has 1 aromatic rings. The van der Waals surface area contributed by atoms with Crippen LogP contribution in [0.25, 0.3) is 0 Å². The van der Waals surface area contributed by atoms with Gasteiger partial charge in [-0.3, -0.25) is 0 Å². The number of rotatable bonds is 1. The largest absolute Gasteiger partial charge is 0.346 e. The minimum atomic E-state index is 1.05. The molecular weight excluding hydrogens is 201 g/mol. The van der Waals surface area contributed by atoms with Gasteiger partial charge in [0.2, 0.25) is 0 Å². The molecule has 1 aromatic heterocycles. The summed E-state index contributed by atoms with van der Waals surface area (Å²) in [5.74, 6) is 0. The van der Waals surface area contributed by atoms with Gasteiger partial charge in [-0.2, -0.15) is 0 Å². The van der Waals surface area contributed by atoms with Crippen molar-refractivity contribution in [2.45, 2.75) is 0 Å². The van der Waals surface area contributed by atoms with Crippen LogP contribution in [0.15, 0.2) is 5.38 Å². The second kappa shape index (κ2) is 3.91. The molecule has 72 valence electrons. The molecule has 0 saturated carbocycles. The van der Waals surface area contributed by atoms with Crippen LogP contribution in [-0.4, -0.2) is 43.1 Å². The molecule has 0 amide bonds. The van der Waals surface area contributed by atoms with E-state index in [0.717, 1.165) is 36.7 Å². The minimum absolute atomic E-state index is 1.05. The molecule has 1 aliphatic rings. The Morgan fingerprint density at radius 3 is 2.62 bits per heavy atom. The molecule has 0 aromatic carbocycles. The molecule has 5 heteroatoms. The summed E-state index contributed by atoms with van der Waals surface area (Å²) in [5.41, 5.74) is 1.05. The van der Waals surface area contributed by atoms with Crippen molar-refractivity contribution >= 4 is 31.1 Å². The second-order valence-electron chi connectivity index (χ2n) is 3.35. The molecule has 1 atom stereocenters. The number of thiazole rings is 1. The number of hydrogen-bond donors (Lipinski definition) is 0. The lowest BCUT2D eigenvalue weighted by molar-refractivity contribution is 0.313. The van der Waals surface area contributed by atoms with Gasteiger partial charge in [0.25, 0.3) is 0 Å². The van der Waals surface area contributed by atoms with Crippen LogP contribution in [0.2, 0.25) is 0 Å². The Hall–Kier alpha value is -0.180. The van der Waals surface area contributed by atoms with Crippen LogP contribution < -0.4 is 10.3 Å². The third kappa shape index (κ3) is 2.19. The molecule has 0 radical (unpaired) electrons. The summed E-state index contributed by atoms with van der Waals surface area (Å²) < 4.78 is 0. The highest BCUT2D eigenvalue weighted by atomic mass is 32.1. The number of hydrogen-bond acceptors (Lipinski definition) is 4. The summed E-state index contributed by atoms with van der Waals surface area (Å²) in [6.45, 7) is 4.50. The molecule has 2 rings (SSSR count). The number of aromatic nitrogens is 1. The van der Waals surface area contributed by atoms with E-state index in [2.05, 4.69) is 36.5 Å². The topological polar surface area (TPSA) is 19.4 Å². The maximum atomic E-state index is 4.45. The van der Waals surface area contributed by atoms with Crippen LogP contribution in [0, 0.1) is 0 Å². The van der Waals surface area contributed by atoms with Gasteiger partial charge in [0.05, 0.1) is 5.44 Å². The molecule has 1 saturated heterocycles. The molecule has 1 fully saturated rings. The summed E-state index contributed by atoms with van der Waals surface area (Å²) in [5, 5.41) is 3.25. The second-order valence-corrected chi connectivity index (χ2v) is 4.77. The van der Waals surface area contributed by atoms with Gasteiger partial charge in [-0.1, -0.05) is 9.24 Å². The predicted molar refractivity (Wildman–Crippen MR) is 61.2 cm³/mol. The van der Waals surface area contributed by atoms with Crippen molar-refractivity contribution < 1.29 is 0 Å². The standard InChI is InChI=1S/C8H14N3PS/c1-10-2-4-11(5-3-10)8-9-7(12)6-13-8/h6H,2-5,12H2,1H3. The van der Waals surface area contributed by atoms with Crippen molar-refractivity contribution in [3.05, 3.63) is 5.38 Å². The lowest BCUT2D eigenvalue weighted by Gasteiger charge is -2.32. The summed E-state index contributed by atoms with van der Waals surface area (Å²) >= 11 is 1.73. The Bertz CT molecular complexity index is 281. The molecule has 0 spiro atoms. The van der Waals surface area contributed by atoms with Gasteiger partial charge in [0.15, 0.2) is 5.13 Å². The fourth-order valence-electron chi connectivity index (χ4n) is 1.42. The fraction of sp³-hybridized carbons (Fsp3) is 0.625. The van der Waals surface area contributed by atoms with Gasteiger partial charge >= 0.3 is 0 Å². The van der Waals surface area contributed by atoms with Crippen LogP contribution in [0.1, 0.15) is 0 Å². The van der Waals surface area contributed by atoms with E-state index in [9.17, 15) is 0 Å². The highest BCUT2D eigenvalue weighted by molar-refractivity contribution is 7.29. The van der Waals surface area contributed by atoms with Crippen molar-refractivity contribution in [3.63, 3.8) is 0 Å². The third-order valence-corrected chi connectivity index (χ3v) is 3.74. The van der Waals surface area contributed by atoms with E-state index in [1.807, 2.05) is 0 Å². The van der Waals surface area contributed by atoms with Crippen molar-refractivity contribution in [1.82, 2.24) is 9.88 Å². The van der Waals surface area contributed by atoms with Crippen LogP contribution in [-0.2, 0) is 0 Å². The van der Waals surface area contributed by atoms with Crippen molar-refractivity contribution in [1.29, 1.82) is 0 Å². The van der Waals surface area contributed by atoms with E-state index >= 15 is 0 Å². The summed E-state index contributed by atoms with van der Waals surface area (Å²) in [6.07, 6.45) is 0. The Morgan fingerprint density at radius 1 is 1.38 bits per heavy atom. The summed E-state index contributed by atoms with van der Waals surface area (Å²) in [6, 6.07) is 0. The van der Waals surface area contributed by atoms with Crippen molar-refractivity contribution in [3.8, 4) is 0 Å². The lowest BCUT2D eigenvalue weighted by Crippen LogP contribution is -2.44. The molecular formula is C8H14N3PS. The minimum Gasteiger partial charge on any atom is -0.346 e. The molecule has 13 heavy (non-hydrogen) atoms. The molecule has 3 nitrogen and oxygen atoms in total. The van der Waals surface area contributed by atoms with Gasteiger partial charge in [-0.05, 0) is 7.05 Å². The highest BCUT2D eigenvalue weighted by Crippen LogP contribution is 2.18. The average Bonchev–Trinajstić information content (AvgIpc) is 2.53. The zero-order valence-electron chi connectivity index (χ0n) is 7.73. The van der Waals surface area contributed by atoms with E-state index in [0.29, 0.717) is 0 Å². The van der Waals surface area contributed by atoms with Crippen LogP contribution in [0.4, 0.5) is 5.13 Å². The average molecular weight is 215 g/mol. The van der Waals surface area contributed by atoms with Gasteiger partial charge < -0.3 is 9.80 Å². The maximum absolute atomic E-state index is 4.45. The first kappa shape index (κ1) is 9.38. The zero-order chi connectivity index (χ0) is 9.26. The van der Waals surface area contributed by atoms with E-state index < -0.39 is 0 Å². The van der Waals surface area contributed by atoms with Gasteiger partial charge in [-0.15, -0.1) is 11.3 Å². The Kier molecular flexibility index (Phi) is 2.82. The molecule has 1 aliphatic heterocycles. The van der Waals surface area contributed by atoms with Crippen molar-refractivity contribution in [2.24, 2.45) is 0 Å². The number of piperazine rings is 1. The van der Waals surface area contributed by atoms with Gasteiger partial charge in [0.1, 0.15) is 0 Å². The smallest absolute Gasteiger partial charge is 0.185 e. The van der Waals surface area contributed by atoms with Gasteiger partial charge in [0, 0.05) is 31.6 Å². The number of likely N-dealkylation sites (N-methyl/N-ethyl adjacent to an activating group) is 1. The normalized spacial score (nSPS) is 19.4. The fourth-order valence-corrected chi connectivity index (χ4v) is 2.61. The molecule has 0 aliphatic carbocycles. The Labute approximate surface area is 85.0 Å². The van der Waals surface area contributed by atoms with E-state index in [-0.39, 0.29) is 0 Å². The monoisotopic (exact) mass is 215 g/mol. The Balaban J connectivity index is 2.02. The molecule has 0 N–H and O–H groups in total. The van der Waals surface area contributed by atoms with Crippen molar-refractivity contribution in [2.75, 3.05) is 38.1 Å². The first-order valence-electron chi connectivity index (χ1n) is 4.40. The lowest BCUT2D eigenvalue weighted by atomic mass is 10.3. The maximum Gasteiger partial charge on any atom is 0.185 e. The summed E-state index contributed by atoms with van der Waals surface area (Å²) in [4.78, 5) is 9.16. The quantitative estimate of drug-likeness (QED) is 0.632. The van der Waals surface area contributed by atoms with Crippen LogP contribution in [0.3, 0.4) is 0 Å². The molecule has 1 unspecified atom stereocenters. The first-order valence-corrected chi connectivity index (χ1v) is 5.86. The van der Waals surface area contributed by atoms with E-state index in [1.54, 1.807) is 11.3 Å². The zero-order valence-corrected chi connectivity index (χ0v) is 9.70. The SMILES string of the molecule is CN1CCN(c2nc(P)cs2)CC1. The first-order chi connectivity index (χ1) is 6.25. The van der Waals surface area contributed by atoms with Gasteiger partial charge in [-0.25, -0.2) is 4.98 Å². The molecule has 2 heterocycles.